The summed E-state index contributed by atoms with van der Waals surface area (Å²) < 4.78 is 0. The van der Waals surface area contributed by atoms with E-state index in [1.165, 1.54) is 23.8 Å². The fourth-order valence-electron chi connectivity index (χ4n) is 0.597. The minimum Gasteiger partial charge on any atom is -0.397 e. The summed E-state index contributed by atoms with van der Waals surface area (Å²) in [6.07, 6.45) is 1.34. The molecule has 0 aliphatic heterocycles. The summed E-state index contributed by atoms with van der Waals surface area (Å²) >= 11 is 0. The minimum atomic E-state index is -0.648. The van der Waals surface area contributed by atoms with Crippen molar-refractivity contribution in [1.82, 2.24) is 10.5 Å². The predicted molar refractivity (Wildman–Crippen MR) is 37.9 cm³/mol. The van der Waals surface area contributed by atoms with Gasteiger partial charge in [-0.15, -0.1) is 0 Å². The maximum atomic E-state index is 10.7. The molecule has 0 bridgehead atoms. The summed E-state index contributed by atoms with van der Waals surface area (Å²) in [4.78, 5) is 14.3. The lowest BCUT2D eigenvalue weighted by Gasteiger charge is -1.96. The van der Waals surface area contributed by atoms with E-state index in [1.807, 2.05) is 0 Å². The number of hydrogen-bond acceptors (Lipinski definition) is 4. The molecule has 0 aliphatic rings. The van der Waals surface area contributed by atoms with Crippen LogP contribution < -0.4 is 11.2 Å². The summed E-state index contributed by atoms with van der Waals surface area (Å²) in [5.41, 5.74) is 7.37. The molecule has 0 fully saturated rings. The molecule has 0 radical (unpaired) electrons. The number of hydrogen-bond donors (Lipinski definition) is 3. The van der Waals surface area contributed by atoms with Gasteiger partial charge in [0.1, 0.15) is 5.69 Å². The number of amides is 1. The molecule has 5 heteroatoms. The second-order valence-electron chi connectivity index (χ2n) is 1.92. The van der Waals surface area contributed by atoms with E-state index in [4.69, 9.17) is 10.9 Å². The third-order valence-corrected chi connectivity index (χ3v) is 1.12. The van der Waals surface area contributed by atoms with Gasteiger partial charge in [-0.3, -0.25) is 10.0 Å². The van der Waals surface area contributed by atoms with Gasteiger partial charge in [0.15, 0.2) is 0 Å². The van der Waals surface area contributed by atoms with Gasteiger partial charge < -0.3 is 5.73 Å². The van der Waals surface area contributed by atoms with Crippen LogP contribution in [0.5, 0.6) is 0 Å². The van der Waals surface area contributed by atoms with Gasteiger partial charge in [-0.2, -0.15) is 0 Å². The van der Waals surface area contributed by atoms with Crippen molar-refractivity contribution in [3.8, 4) is 0 Å². The van der Waals surface area contributed by atoms with Crippen LogP contribution in [0.3, 0.4) is 0 Å². The van der Waals surface area contributed by atoms with E-state index in [-0.39, 0.29) is 5.69 Å². The Balaban J connectivity index is 2.90. The molecule has 1 aromatic rings. The summed E-state index contributed by atoms with van der Waals surface area (Å²) in [6, 6.07) is 2.94. The zero-order valence-corrected chi connectivity index (χ0v) is 5.61. The SMILES string of the molecule is Nc1ccc(C(=O)NO)nc1. The fourth-order valence-corrected chi connectivity index (χ4v) is 0.597. The number of rotatable bonds is 1. The average molecular weight is 153 g/mol. The zero-order valence-electron chi connectivity index (χ0n) is 5.61. The van der Waals surface area contributed by atoms with Crippen molar-refractivity contribution < 1.29 is 10.0 Å². The Hall–Kier alpha value is -1.62. The standard InChI is InChI=1S/C6H7N3O2/c7-4-1-2-5(8-3-4)6(10)9-11/h1-3,11H,7H2,(H,9,10). The highest BCUT2D eigenvalue weighted by molar-refractivity contribution is 5.91. The summed E-state index contributed by atoms with van der Waals surface area (Å²) in [5, 5.41) is 8.19. The topological polar surface area (TPSA) is 88.2 Å². The Morgan fingerprint density at radius 2 is 2.36 bits per heavy atom. The molecule has 5 nitrogen and oxygen atoms in total. The number of aromatic nitrogens is 1. The highest BCUT2D eigenvalue weighted by atomic mass is 16.5. The number of nitrogens with two attached hydrogens (primary N) is 1. The van der Waals surface area contributed by atoms with Crippen LogP contribution in [-0.2, 0) is 0 Å². The first-order valence-corrected chi connectivity index (χ1v) is 2.90. The third kappa shape index (κ3) is 1.65. The maximum Gasteiger partial charge on any atom is 0.293 e. The number of nitrogens with zero attached hydrogens (tertiary/aromatic N) is 1. The van der Waals surface area contributed by atoms with E-state index in [0.717, 1.165) is 0 Å². The second kappa shape index (κ2) is 2.98. The quantitative estimate of drug-likeness (QED) is 0.384. The van der Waals surface area contributed by atoms with Crippen molar-refractivity contribution in [2.24, 2.45) is 0 Å². The summed E-state index contributed by atoms with van der Waals surface area (Å²) in [6.45, 7) is 0. The normalized spacial score (nSPS) is 9.18. The number of pyridine rings is 1. The molecule has 4 N–H and O–H groups in total. The first kappa shape index (κ1) is 7.49. The molecule has 0 unspecified atom stereocenters. The molecule has 0 saturated heterocycles. The molecule has 1 aromatic heterocycles. The van der Waals surface area contributed by atoms with Crippen molar-refractivity contribution in [2.45, 2.75) is 0 Å². The van der Waals surface area contributed by atoms with Crippen molar-refractivity contribution >= 4 is 11.6 Å². The molecule has 0 saturated carbocycles. The number of nitrogens with one attached hydrogen (secondary N) is 1. The first-order chi connectivity index (χ1) is 5.24. The van der Waals surface area contributed by atoms with Crippen LogP contribution in [0.25, 0.3) is 0 Å². The van der Waals surface area contributed by atoms with E-state index >= 15 is 0 Å². The fraction of sp³-hybridized carbons (Fsp3) is 0. The summed E-state index contributed by atoms with van der Waals surface area (Å²) in [7, 11) is 0. The number of carbonyl (C=O) groups excluding carboxylic acids is 1. The van der Waals surface area contributed by atoms with Crippen molar-refractivity contribution in [2.75, 3.05) is 5.73 Å². The number of carbonyl (C=O) groups is 1. The Morgan fingerprint density at radius 3 is 2.82 bits per heavy atom. The molecule has 0 atom stereocenters. The van der Waals surface area contributed by atoms with Gasteiger partial charge in [-0.05, 0) is 12.1 Å². The Kier molecular flexibility index (Phi) is 2.03. The average Bonchev–Trinajstić information content (AvgIpc) is 2.05. The van der Waals surface area contributed by atoms with Crippen molar-refractivity contribution in [1.29, 1.82) is 0 Å². The minimum absolute atomic E-state index is 0.127. The Bertz CT molecular complexity index is 257. The van der Waals surface area contributed by atoms with Gasteiger partial charge in [0, 0.05) is 0 Å². The lowest BCUT2D eigenvalue weighted by Crippen LogP contribution is -2.19. The number of anilines is 1. The van der Waals surface area contributed by atoms with Gasteiger partial charge in [0.25, 0.3) is 5.91 Å². The van der Waals surface area contributed by atoms with Crippen molar-refractivity contribution in [3.05, 3.63) is 24.0 Å². The Labute approximate surface area is 62.8 Å². The van der Waals surface area contributed by atoms with Crippen LogP contribution in [-0.4, -0.2) is 16.1 Å². The Morgan fingerprint density at radius 1 is 1.64 bits per heavy atom. The van der Waals surface area contributed by atoms with E-state index in [1.54, 1.807) is 0 Å². The largest absolute Gasteiger partial charge is 0.397 e. The highest BCUT2D eigenvalue weighted by Gasteiger charge is 2.03. The molecule has 0 aliphatic carbocycles. The van der Waals surface area contributed by atoms with Crippen LogP contribution >= 0.6 is 0 Å². The monoisotopic (exact) mass is 153 g/mol. The molecule has 1 amide bonds. The molecular formula is C6H7N3O2. The van der Waals surface area contributed by atoms with Crippen molar-refractivity contribution in [3.63, 3.8) is 0 Å². The molecule has 58 valence electrons. The van der Waals surface area contributed by atoms with E-state index in [2.05, 4.69) is 4.98 Å². The molecule has 0 aromatic carbocycles. The van der Waals surface area contributed by atoms with Gasteiger partial charge in [-0.1, -0.05) is 0 Å². The smallest absolute Gasteiger partial charge is 0.293 e. The van der Waals surface area contributed by atoms with Gasteiger partial charge in [0.2, 0.25) is 0 Å². The molecule has 11 heavy (non-hydrogen) atoms. The number of hydroxylamine groups is 1. The van der Waals surface area contributed by atoms with Crippen LogP contribution in [0.4, 0.5) is 5.69 Å². The van der Waals surface area contributed by atoms with Gasteiger partial charge in [-0.25, -0.2) is 10.5 Å². The third-order valence-electron chi connectivity index (χ3n) is 1.12. The van der Waals surface area contributed by atoms with E-state index in [0.29, 0.717) is 5.69 Å². The maximum absolute atomic E-state index is 10.7. The molecule has 1 rings (SSSR count). The predicted octanol–water partition coefficient (Wildman–Crippen LogP) is -0.217. The van der Waals surface area contributed by atoms with Gasteiger partial charge in [0.05, 0.1) is 11.9 Å². The second-order valence-corrected chi connectivity index (χ2v) is 1.92. The zero-order chi connectivity index (χ0) is 8.27. The van der Waals surface area contributed by atoms with Crippen LogP contribution in [0.1, 0.15) is 10.5 Å². The lowest BCUT2D eigenvalue weighted by atomic mass is 10.3. The summed E-state index contributed by atoms with van der Waals surface area (Å²) in [5.74, 6) is -0.648. The first-order valence-electron chi connectivity index (χ1n) is 2.90. The van der Waals surface area contributed by atoms with E-state index < -0.39 is 5.91 Å². The molecule has 1 heterocycles. The van der Waals surface area contributed by atoms with Gasteiger partial charge >= 0.3 is 0 Å². The van der Waals surface area contributed by atoms with E-state index in [9.17, 15) is 4.79 Å². The highest BCUT2D eigenvalue weighted by Crippen LogP contribution is 1.99. The van der Waals surface area contributed by atoms with Crippen LogP contribution in [0.2, 0.25) is 0 Å². The molecule has 0 spiro atoms. The van der Waals surface area contributed by atoms with Crippen LogP contribution in [0, 0.1) is 0 Å². The number of nitrogen functional groups attached to an aromatic ring is 1. The van der Waals surface area contributed by atoms with Crippen LogP contribution in [0.15, 0.2) is 18.3 Å². The molecular weight excluding hydrogens is 146 g/mol. The lowest BCUT2D eigenvalue weighted by molar-refractivity contribution is 0.0701.